The topological polar surface area (TPSA) is 86.9 Å². The molecule has 1 fully saturated rings. The van der Waals surface area contributed by atoms with Gasteiger partial charge in [0.1, 0.15) is 5.82 Å². The van der Waals surface area contributed by atoms with E-state index >= 15 is 0 Å². The average molecular weight is 276 g/mol. The summed E-state index contributed by atoms with van der Waals surface area (Å²) in [6.45, 7) is 7.23. The fourth-order valence-corrected chi connectivity index (χ4v) is 2.35. The number of amides is 1. The van der Waals surface area contributed by atoms with E-state index in [0.717, 1.165) is 11.5 Å². The first-order valence-corrected chi connectivity index (χ1v) is 6.68. The van der Waals surface area contributed by atoms with Gasteiger partial charge in [0.25, 0.3) is 0 Å². The highest BCUT2D eigenvalue weighted by Crippen LogP contribution is 2.29. The van der Waals surface area contributed by atoms with Gasteiger partial charge in [-0.15, -0.1) is 0 Å². The summed E-state index contributed by atoms with van der Waals surface area (Å²) in [6, 6.07) is 1.97. The Kier molecular flexibility index (Phi) is 3.72. The van der Waals surface area contributed by atoms with Crippen LogP contribution < -0.4 is 4.90 Å². The zero-order valence-electron chi connectivity index (χ0n) is 12.4. The lowest BCUT2D eigenvalue weighted by molar-refractivity contribution is -0.117. The lowest BCUT2D eigenvalue weighted by atomic mass is 9.92. The number of nitrogens with zero attached hydrogens (tertiary/aromatic N) is 6. The van der Waals surface area contributed by atoms with Crippen molar-refractivity contribution < 1.29 is 4.79 Å². The molecule has 1 aromatic rings. The van der Waals surface area contributed by atoms with Crippen LogP contribution in [0.2, 0.25) is 0 Å². The number of hydrogen-bond acceptors (Lipinski definition) is 3. The molecule has 1 aliphatic heterocycles. The molecule has 0 saturated carbocycles. The largest absolute Gasteiger partial charge is 0.297 e. The Balaban J connectivity index is 2.22. The number of aryl methyl sites for hydroxylation is 1. The third-order valence-electron chi connectivity index (χ3n) is 3.51. The molecule has 1 aliphatic rings. The molecule has 7 heteroatoms. The van der Waals surface area contributed by atoms with Gasteiger partial charge >= 0.3 is 0 Å². The first-order valence-electron chi connectivity index (χ1n) is 6.68. The normalized spacial score (nSPS) is 19.3. The lowest BCUT2D eigenvalue weighted by Crippen LogP contribution is -2.26. The molecule has 0 bridgehead atoms. The van der Waals surface area contributed by atoms with Crippen molar-refractivity contribution >= 4 is 11.7 Å². The van der Waals surface area contributed by atoms with Crippen molar-refractivity contribution in [3.05, 3.63) is 22.2 Å². The summed E-state index contributed by atoms with van der Waals surface area (Å²) in [7, 11) is 1.85. The molecule has 1 atom stereocenters. The summed E-state index contributed by atoms with van der Waals surface area (Å²) < 4.78 is 1.74. The van der Waals surface area contributed by atoms with Crippen molar-refractivity contribution in [3.8, 4) is 0 Å². The van der Waals surface area contributed by atoms with Gasteiger partial charge < -0.3 is 0 Å². The lowest BCUT2D eigenvalue weighted by Gasteiger charge is -2.16. The minimum atomic E-state index is -0.0523. The van der Waals surface area contributed by atoms with E-state index < -0.39 is 0 Å². The van der Waals surface area contributed by atoms with E-state index in [2.05, 4.69) is 35.9 Å². The number of aromatic nitrogens is 2. The number of carbonyl (C=O) groups excluding carboxylic acids is 1. The molecule has 0 aromatic carbocycles. The van der Waals surface area contributed by atoms with Gasteiger partial charge in [0.15, 0.2) is 0 Å². The second-order valence-electron chi connectivity index (χ2n) is 6.25. The molecular weight excluding hydrogens is 256 g/mol. The SMILES string of the molecule is Cn1nc(C(C)(C)C)cc1N1CC(CN=[N+]=[N-])CC1=O. The second kappa shape index (κ2) is 5.17. The van der Waals surface area contributed by atoms with E-state index in [4.69, 9.17) is 5.53 Å². The number of carbonyl (C=O) groups is 1. The second-order valence-corrected chi connectivity index (χ2v) is 6.25. The fourth-order valence-electron chi connectivity index (χ4n) is 2.35. The maximum atomic E-state index is 12.1. The van der Waals surface area contributed by atoms with Crippen molar-refractivity contribution in [1.29, 1.82) is 0 Å². The number of anilines is 1. The summed E-state index contributed by atoms with van der Waals surface area (Å²) in [4.78, 5) is 16.6. The predicted molar refractivity (Wildman–Crippen MR) is 76.4 cm³/mol. The van der Waals surface area contributed by atoms with E-state index in [1.807, 2.05) is 13.1 Å². The molecule has 7 nitrogen and oxygen atoms in total. The highest BCUT2D eigenvalue weighted by molar-refractivity contribution is 5.95. The monoisotopic (exact) mass is 276 g/mol. The van der Waals surface area contributed by atoms with Crippen LogP contribution >= 0.6 is 0 Å². The van der Waals surface area contributed by atoms with Crippen LogP contribution in [-0.2, 0) is 17.3 Å². The standard InChI is InChI=1S/C13H20N6O/c1-13(2,3)10-6-11(18(4)16-10)19-8-9(5-12(19)20)7-15-17-14/h6,9H,5,7-8H2,1-4H3. The third-order valence-corrected chi connectivity index (χ3v) is 3.51. The van der Waals surface area contributed by atoms with Crippen LogP contribution in [0.4, 0.5) is 5.82 Å². The Morgan fingerprint density at radius 3 is 2.80 bits per heavy atom. The summed E-state index contributed by atoms with van der Waals surface area (Å²) in [5, 5.41) is 8.05. The van der Waals surface area contributed by atoms with E-state index in [1.54, 1.807) is 9.58 Å². The van der Waals surface area contributed by atoms with E-state index in [-0.39, 0.29) is 17.2 Å². The Hall–Kier alpha value is -2.01. The van der Waals surface area contributed by atoms with Crippen LogP contribution in [0.25, 0.3) is 10.4 Å². The van der Waals surface area contributed by atoms with Crippen molar-refractivity contribution in [2.24, 2.45) is 18.1 Å². The third kappa shape index (κ3) is 2.77. The minimum Gasteiger partial charge on any atom is -0.297 e. The van der Waals surface area contributed by atoms with E-state index in [9.17, 15) is 4.79 Å². The molecule has 2 rings (SSSR count). The van der Waals surface area contributed by atoms with Crippen molar-refractivity contribution in [1.82, 2.24) is 9.78 Å². The number of rotatable bonds is 3. The summed E-state index contributed by atoms with van der Waals surface area (Å²) in [6.07, 6.45) is 0.426. The molecule has 0 aliphatic carbocycles. The van der Waals surface area contributed by atoms with Gasteiger partial charge in [-0.25, -0.2) is 0 Å². The molecule has 1 unspecified atom stereocenters. The van der Waals surface area contributed by atoms with Gasteiger partial charge in [-0.3, -0.25) is 14.4 Å². The number of azide groups is 1. The zero-order valence-corrected chi connectivity index (χ0v) is 12.4. The average Bonchev–Trinajstić information content (AvgIpc) is 2.89. The Labute approximate surface area is 118 Å². The van der Waals surface area contributed by atoms with Crippen molar-refractivity contribution in [2.75, 3.05) is 18.0 Å². The Morgan fingerprint density at radius 1 is 1.55 bits per heavy atom. The van der Waals surface area contributed by atoms with Crippen molar-refractivity contribution in [3.63, 3.8) is 0 Å². The van der Waals surface area contributed by atoms with Crippen LogP contribution in [0.1, 0.15) is 32.9 Å². The summed E-state index contributed by atoms with van der Waals surface area (Å²) in [5.74, 6) is 0.960. The number of hydrogen-bond donors (Lipinski definition) is 0. The first-order chi connectivity index (χ1) is 9.32. The molecule has 2 heterocycles. The zero-order chi connectivity index (χ0) is 14.9. The molecule has 0 radical (unpaired) electrons. The van der Waals surface area contributed by atoms with Crippen molar-refractivity contribution in [2.45, 2.75) is 32.6 Å². The molecule has 108 valence electrons. The van der Waals surface area contributed by atoms with Gasteiger partial charge in [-0.2, -0.15) is 5.10 Å². The highest BCUT2D eigenvalue weighted by Gasteiger charge is 2.32. The highest BCUT2D eigenvalue weighted by atomic mass is 16.2. The molecule has 0 N–H and O–H groups in total. The van der Waals surface area contributed by atoms with Gasteiger partial charge in [0.05, 0.1) is 5.69 Å². The predicted octanol–water partition coefficient (Wildman–Crippen LogP) is 2.38. The first kappa shape index (κ1) is 14.4. The van der Waals surface area contributed by atoms with Crippen LogP contribution in [0.15, 0.2) is 11.2 Å². The van der Waals surface area contributed by atoms with Crippen LogP contribution in [0, 0.1) is 5.92 Å². The maximum absolute atomic E-state index is 12.1. The van der Waals surface area contributed by atoms with Crippen LogP contribution in [0.3, 0.4) is 0 Å². The smallest absolute Gasteiger partial charge is 0.228 e. The summed E-state index contributed by atoms with van der Waals surface area (Å²) in [5.41, 5.74) is 9.27. The molecule has 1 aromatic heterocycles. The Bertz CT molecular complexity index is 564. The summed E-state index contributed by atoms with van der Waals surface area (Å²) >= 11 is 0. The molecular formula is C13H20N6O. The Morgan fingerprint density at radius 2 is 2.25 bits per heavy atom. The molecule has 1 amide bonds. The minimum absolute atomic E-state index is 0.0523. The molecule has 1 saturated heterocycles. The van der Waals surface area contributed by atoms with Gasteiger partial charge in [0.2, 0.25) is 5.91 Å². The fraction of sp³-hybridized carbons (Fsp3) is 0.692. The van der Waals surface area contributed by atoms with E-state index in [1.165, 1.54) is 0 Å². The van der Waals surface area contributed by atoms with Gasteiger partial charge in [-0.1, -0.05) is 25.9 Å². The quantitative estimate of drug-likeness (QED) is 0.482. The van der Waals surface area contributed by atoms with Gasteiger partial charge in [0, 0.05) is 43.0 Å². The van der Waals surface area contributed by atoms with Crippen LogP contribution in [0.5, 0.6) is 0 Å². The van der Waals surface area contributed by atoms with E-state index in [0.29, 0.717) is 19.5 Å². The maximum Gasteiger partial charge on any atom is 0.228 e. The van der Waals surface area contributed by atoms with Crippen LogP contribution in [-0.4, -0.2) is 28.8 Å². The molecule has 20 heavy (non-hydrogen) atoms. The molecule has 0 spiro atoms. The van der Waals surface area contributed by atoms with Gasteiger partial charge in [-0.05, 0) is 11.4 Å².